The number of hydrogen-bond donors (Lipinski definition) is 2. The summed E-state index contributed by atoms with van der Waals surface area (Å²) >= 11 is 11.4. The van der Waals surface area contributed by atoms with Gasteiger partial charge in [-0.2, -0.15) is 0 Å². The molecule has 0 heterocycles. The lowest BCUT2D eigenvalue weighted by Crippen LogP contribution is -2.18. The highest BCUT2D eigenvalue weighted by molar-refractivity contribution is 6.39. The zero-order valence-corrected chi connectivity index (χ0v) is 8.28. The molecule has 5 heteroatoms. The monoisotopic (exact) mass is 219 g/mol. The van der Waals surface area contributed by atoms with E-state index in [1.807, 2.05) is 0 Å². The molecule has 1 amide bonds. The largest absolute Gasteiger partial charge is 0.508 e. The van der Waals surface area contributed by atoms with Gasteiger partial charge in [-0.1, -0.05) is 23.2 Å². The Bertz CT molecular complexity index is 329. The SMILES string of the molecule is CNC(=O)c1c(Cl)cc(O)cc1Cl. The summed E-state index contributed by atoms with van der Waals surface area (Å²) in [5.74, 6) is -0.447. The van der Waals surface area contributed by atoms with Gasteiger partial charge in [0.2, 0.25) is 0 Å². The van der Waals surface area contributed by atoms with Gasteiger partial charge in [-0.15, -0.1) is 0 Å². The maximum atomic E-state index is 11.2. The van der Waals surface area contributed by atoms with Gasteiger partial charge < -0.3 is 10.4 Å². The molecule has 13 heavy (non-hydrogen) atoms. The predicted octanol–water partition coefficient (Wildman–Crippen LogP) is 2.06. The first-order chi connectivity index (χ1) is 6.06. The molecule has 0 aromatic heterocycles. The minimum atomic E-state index is -0.380. The van der Waals surface area contributed by atoms with Gasteiger partial charge >= 0.3 is 0 Å². The molecule has 0 unspecified atom stereocenters. The summed E-state index contributed by atoms with van der Waals surface area (Å²) in [4.78, 5) is 11.2. The number of hydrogen-bond acceptors (Lipinski definition) is 2. The Morgan fingerprint density at radius 3 is 2.23 bits per heavy atom. The van der Waals surface area contributed by atoms with Crippen LogP contribution in [0.2, 0.25) is 10.0 Å². The van der Waals surface area contributed by atoms with E-state index >= 15 is 0 Å². The van der Waals surface area contributed by atoms with Crippen LogP contribution in [-0.4, -0.2) is 18.1 Å². The summed E-state index contributed by atoms with van der Waals surface area (Å²) in [6.45, 7) is 0. The van der Waals surface area contributed by atoms with Crippen LogP contribution in [0.15, 0.2) is 12.1 Å². The quantitative estimate of drug-likeness (QED) is 0.760. The Morgan fingerprint density at radius 1 is 1.38 bits per heavy atom. The average molecular weight is 220 g/mol. The van der Waals surface area contributed by atoms with E-state index in [0.29, 0.717) is 0 Å². The van der Waals surface area contributed by atoms with E-state index in [1.165, 1.54) is 19.2 Å². The maximum absolute atomic E-state index is 11.2. The molecular formula is C8H7Cl2NO2. The smallest absolute Gasteiger partial charge is 0.254 e. The second-order valence-corrected chi connectivity index (χ2v) is 3.18. The molecular weight excluding hydrogens is 213 g/mol. The average Bonchev–Trinajstić information content (AvgIpc) is 2.02. The minimum Gasteiger partial charge on any atom is -0.508 e. The zero-order chi connectivity index (χ0) is 10.0. The Morgan fingerprint density at radius 2 is 1.85 bits per heavy atom. The lowest BCUT2D eigenvalue weighted by Gasteiger charge is -2.05. The normalized spacial score (nSPS) is 9.77. The van der Waals surface area contributed by atoms with Crippen molar-refractivity contribution in [3.63, 3.8) is 0 Å². The summed E-state index contributed by atoms with van der Waals surface area (Å²) in [6.07, 6.45) is 0. The van der Waals surface area contributed by atoms with Crippen molar-refractivity contribution in [1.82, 2.24) is 5.32 Å². The van der Waals surface area contributed by atoms with Gasteiger partial charge in [-0.25, -0.2) is 0 Å². The van der Waals surface area contributed by atoms with Crippen LogP contribution in [0.3, 0.4) is 0 Å². The Balaban J connectivity index is 3.28. The number of carbonyl (C=O) groups is 1. The number of amides is 1. The molecule has 0 radical (unpaired) electrons. The number of phenols is 1. The maximum Gasteiger partial charge on any atom is 0.254 e. The van der Waals surface area contributed by atoms with Crippen molar-refractivity contribution >= 4 is 29.1 Å². The molecule has 1 aromatic carbocycles. The van der Waals surface area contributed by atoms with Gasteiger partial charge in [0, 0.05) is 7.05 Å². The van der Waals surface area contributed by atoms with Crippen LogP contribution in [0.4, 0.5) is 0 Å². The van der Waals surface area contributed by atoms with Crippen molar-refractivity contribution in [3.8, 4) is 5.75 Å². The van der Waals surface area contributed by atoms with E-state index in [0.717, 1.165) is 0 Å². The fraction of sp³-hybridized carbons (Fsp3) is 0.125. The first-order valence-electron chi connectivity index (χ1n) is 3.46. The van der Waals surface area contributed by atoms with E-state index in [2.05, 4.69) is 5.32 Å². The van der Waals surface area contributed by atoms with Crippen LogP contribution in [0.5, 0.6) is 5.75 Å². The molecule has 0 bridgehead atoms. The molecule has 0 aliphatic carbocycles. The zero-order valence-electron chi connectivity index (χ0n) is 6.77. The van der Waals surface area contributed by atoms with Gasteiger partial charge in [0.05, 0.1) is 15.6 Å². The van der Waals surface area contributed by atoms with Gasteiger partial charge in [-0.3, -0.25) is 4.79 Å². The number of rotatable bonds is 1. The van der Waals surface area contributed by atoms with Crippen molar-refractivity contribution in [3.05, 3.63) is 27.7 Å². The van der Waals surface area contributed by atoms with Crippen LogP contribution in [0.1, 0.15) is 10.4 Å². The van der Waals surface area contributed by atoms with Crippen LogP contribution >= 0.6 is 23.2 Å². The van der Waals surface area contributed by atoms with Crippen molar-refractivity contribution in [2.75, 3.05) is 7.05 Å². The number of carbonyl (C=O) groups excluding carboxylic acids is 1. The van der Waals surface area contributed by atoms with Crippen molar-refractivity contribution in [2.45, 2.75) is 0 Å². The molecule has 70 valence electrons. The summed E-state index contributed by atoms with van der Waals surface area (Å²) in [7, 11) is 1.47. The van der Waals surface area contributed by atoms with Gasteiger partial charge in [0.15, 0.2) is 0 Å². The number of phenolic OH excluding ortho intramolecular Hbond substituents is 1. The van der Waals surface area contributed by atoms with Crippen LogP contribution in [0.25, 0.3) is 0 Å². The standard InChI is InChI=1S/C8H7Cl2NO2/c1-11-8(13)7-5(9)2-4(12)3-6(7)10/h2-3,12H,1H3,(H,11,13). The van der Waals surface area contributed by atoms with E-state index in [4.69, 9.17) is 28.3 Å². The van der Waals surface area contributed by atoms with E-state index < -0.39 is 0 Å². The number of aromatic hydroxyl groups is 1. The molecule has 2 N–H and O–H groups in total. The fourth-order valence-electron chi connectivity index (χ4n) is 0.902. The summed E-state index contributed by atoms with van der Waals surface area (Å²) in [5, 5.41) is 11.7. The molecule has 1 rings (SSSR count). The summed E-state index contributed by atoms with van der Waals surface area (Å²) < 4.78 is 0. The highest BCUT2D eigenvalue weighted by atomic mass is 35.5. The topological polar surface area (TPSA) is 49.3 Å². The molecule has 0 spiro atoms. The lowest BCUT2D eigenvalue weighted by atomic mass is 10.2. The molecule has 0 saturated heterocycles. The Labute approximate surface area is 85.3 Å². The molecule has 0 atom stereocenters. The molecule has 0 aliphatic rings. The second kappa shape index (κ2) is 3.85. The highest BCUT2D eigenvalue weighted by Crippen LogP contribution is 2.29. The van der Waals surface area contributed by atoms with Crippen molar-refractivity contribution in [1.29, 1.82) is 0 Å². The molecule has 0 saturated carbocycles. The Hall–Kier alpha value is -0.930. The van der Waals surface area contributed by atoms with Crippen molar-refractivity contribution < 1.29 is 9.90 Å². The number of halogens is 2. The number of nitrogens with one attached hydrogen (secondary N) is 1. The van der Waals surface area contributed by atoms with E-state index in [9.17, 15) is 4.79 Å². The van der Waals surface area contributed by atoms with Crippen LogP contribution < -0.4 is 5.32 Å². The molecule has 1 aromatic rings. The van der Waals surface area contributed by atoms with Gasteiger partial charge in [0.1, 0.15) is 5.75 Å². The van der Waals surface area contributed by atoms with Crippen LogP contribution in [0, 0.1) is 0 Å². The van der Waals surface area contributed by atoms with Crippen LogP contribution in [-0.2, 0) is 0 Å². The molecule has 0 fully saturated rings. The van der Waals surface area contributed by atoms with E-state index in [-0.39, 0.29) is 27.3 Å². The highest BCUT2D eigenvalue weighted by Gasteiger charge is 2.14. The summed E-state index contributed by atoms with van der Waals surface area (Å²) in [6, 6.07) is 2.52. The predicted molar refractivity (Wildman–Crippen MR) is 51.5 cm³/mol. The second-order valence-electron chi connectivity index (χ2n) is 2.36. The molecule has 0 aliphatic heterocycles. The first-order valence-corrected chi connectivity index (χ1v) is 4.22. The third-order valence-electron chi connectivity index (χ3n) is 1.48. The third kappa shape index (κ3) is 2.05. The van der Waals surface area contributed by atoms with Crippen molar-refractivity contribution in [2.24, 2.45) is 0 Å². The van der Waals surface area contributed by atoms with E-state index in [1.54, 1.807) is 0 Å². The first kappa shape index (κ1) is 10.2. The van der Waals surface area contributed by atoms with Gasteiger partial charge in [-0.05, 0) is 12.1 Å². The van der Waals surface area contributed by atoms with Gasteiger partial charge in [0.25, 0.3) is 5.91 Å². The number of benzene rings is 1. The Kier molecular flexibility index (Phi) is 3.01. The minimum absolute atomic E-state index is 0.0670. The summed E-state index contributed by atoms with van der Waals surface area (Å²) in [5.41, 5.74) is 0.170. The fourth-order valence-corrected chi connectivity index (χ4v) is 1.55. The third-order valence-corrected chi connectivity index (χ3v) is 2.08. The molecule has 3 nitrogen and oxygen atoms in total. The lowest BCUT2D eigenvalue weighted by molar-refractivity contribution is 0.0963.